The molecule has 2 aromatic rings. The number of rotatable bonds is 7. The zero-order chi connectivity index (χ0) is 16.7. The van der Waals surface area contributed by atoms with E-state index in [9.17, 15) is 9.90 Å². The van der Waals surface area contributed by atoms with E-state index in [0.717, 1.165) is 11.1 Å². The van der Waals surface area contributed by atoms with Gasteiger partial charge in [-0.15, -0.1) is 0 Å². The van der Waals surface area contributed by atoms with Gasteiger partial charge in [0.05, 0.1) is 13.2 Å². The van der Waals surface area contributed by atoms with Gasteiger partial charge in [-0.3, -0.25) is 9.69 Å². The van der Waals surface area contributed by atoms with Crippen LogP contribution in [-0.4, -0.2) is 35.6 Å². The highest BCUT2D eigenvalue weighted by atomic mass is 16.3. The number of anilines is 2. The molecular formula is C18H23N3O2. The number of nitrogens with one attached hydrogen (secondary N) is 1. The summed E-state index contributed by atoms with van der Waals surface area (Å²) in [5.74, 6) is -0.127. The highest BCUT2D eigenvalue weighted by Crippen LogP contribution is 2.16. The van der Waals surface area contributed by atoms with Crippen molar-refractivity contribution in [3.05, 3.63) is 59.7 Å². The third-order valence-corrected chi connectivity index (χ3v) is 3.60. The van der Waals surface area contributed by atoms with Gasteiger partial charge in [-0.2, -0.15) is 0 Å². The fraction of sp³-hybridized carbons (Fsp3) is 0.278. The number of nitrogens with zero attached hydrogens (tertiary/aromatic N) is 1. The molecule has 0 saturated carbocycles. The van der Waals surface area contributed by atoms with Gasteiger partial charge in [0.1, 0.15) is 0 Å². The first-order valence-corrected chi connectivity index (χ1v) is 7.61. The van der Waals surface area contributed by atoms with Gasteiger partial charge in [0.25, 0.3) is 0 Å². The largest absolute Gasteiger partial charge is 0.398 e. The fourth-order valence-electron chi connectivity index (χ4n) is 2.32. The highest BCUT2D eigenvalue weighted by Gasteiger charge is 2.11. The van der Waals surface area contributed by atoms with E-state index in [1.54, 1.807) is 6.07 Å². The van der Waals surface area contributed by atoms with Crippen molar-refractivity contribution in [2.45, 2.75) is 13.5 Å². The van der Waals surface area contributed by atoms with Crippen LogP contribution in [0.15, 0.2) is 48.5 Å². The van der Waals surface area contributed by atoms with Crippen LogP contribution >= 0.6 is 0 Å². The Kier molecular flexibility index (Phi) is 6.14. The third-order valence-electron chi connectivity index (χ3n) is 3.60. The molecule has 23 heavy (non-hydrogen) atoms. The second kappa shape index (κ2) is 8.31. The van der Waals surface area contributed by atoms with Crippen molar-refractivity contribution in [2.24, 2.45) is 0 Å². The minimum atomic E-state index is -0.127. The Morgan fingerprint density at radius 2 is 1.96 bits per heavy atom. The van der Waals surface area contributed by atoms with E-state index < -0.39 is 0 Å². The monoisotopic (exact) mass is 313 g/mol. The van der Waals surface area contributed by atoms with E-state index >= 15 is 0 Å². The summed E-state index contributed by atoms with van der Waals surface area (Å²) in [6.07, 6.45) is 0. The van der Waals surface area contributed by atoms with Gasteiger partial charge in [0.2, 0.25) is 5.91 Å². The summed E-state index contributed by atoms with van der Waals surface area (Å²) in [6.45, 7) is 3.20. The molecule has 122 valence electrons. The lowest BCUT2D eigenvalue weighted by Gasteiger charge is -2.21. The molecule has 1 amide bonds. The predicted octanol–water partition coefficient (Wildman–Crippen LogP) is 2.01. The lowest BCUT2D eigenvalue weighted by atomic mass is 10.2. The Hall–Kier alpha value is -2.37. The van der Waals surface area contributed by atoms with Crippen molar-refractivity contribution in [1.29, 1.82) is 0 Å². The number of nitrogens with two attached hydrogens (primary N) is 1. The minimum Gasteiger partial charge on any atom is -0.398 e. The summed E-state index contributed by atoms with van der Waals surface area (Å²) >= 11 is 0. The maximum atomic E-state index is 12.2. The van der Waals surface area contributed by atoms with Crippen molar-refractivity contribution in [2.75, 3.05) is 30.7 Å². The molecule has 0 bridgehead atoms. The van der Waals surface area contributed by atoms with Gasteiger partial charge in [0, 0.05) is 24.5 Å². The summed E-state index contributed by atoms with van der Waals surface area (Å²) < 4.78 is 0. The quantitative estimate of drug-likeness (QED) is 0.683. The smallest absolute Gasteiger partial charge is 0.238 e. The number of carbonyl (C=O) groups is 1. The molecule has 0 aromatic heterocycles. The van der Waals surface area contributed by atoms with Gasteiger partial charge in [-0.05, 0) is 30.2 Å². The molecule has 0 fully saturated rings. The van der Waals surface area contributed by atoms with Crippen LogP contribution in [0.3, 0.4) is 0 Å². The number of nitrogen functional groups attached to an aromatic ring is 1. The first-order chi connectivity index (χ1) is 11.1. The van der Waals surface area contributed by atoms with E-state index in [4.69, 9.17) is 5.73 Å². The maximum absolute atomic E-state index is 12.2. The molecule has 0 atom stereocenters. The average Bonchev–Trinajstić information content (AvgIpc) is 2.52. The molecule has 0 aliphatic rings. The average molecular weight is 313 g/mol. The molecule has 4 N–H and O–H groups in total. The van der Waals surface area contributed by atoms with Gasteiger partial charge >= 0.3 is 0 Å². The number of aliphatic hydroxyl groups excluding tert-OH is 1. The van der Waals surface area contributed by atoms with Crippen molar-refractivity contribution in [3.63, 3.8) is 0 Å². The number of hydrogen-bond acceptors (Lipinski definition) is 4. The van der Waals surface area contributed by atoms with Crippen LogP contribution in [0.1, 0.15) is 11.1 Å². The van der Waals surface area contributed by atoms with Crippen molar-refractivity contribution >= 4 is 17.3 Å². The van der Waals surface area contributed by atoms with E-state index in [1.807, 2.05) is 54.3 Å². The molecule has 0 unspecified atom stereocenters. The van der Waals surface area contributed by atoms with Gasteiger partial charge in [-0.1, -0.05) is 36.4 Å². The topological polar surface area (TPSA) is 78.6 Å². The summed E-state index contributed by atoms with van der Waals surface area (Å²) in [4.78, 5) is 14.1. The van der Waals surface area contributed by atoms with Crippen molar-refractivity contribution in [1.82, 2.24) is 4.90 Å². The Morgan fingerprint density at radius 1 is 1.22 bits per heavy atom. The number of aliphatic hydroxyl groups is 1. The molecule has 0 heterocycles. The fourth-order valence-corrected chi connectivity index (χ4v) is 2.32. The number of hydrogen-bond donors (Lipinski definition) is 3. The SMILES string of the molecule is Cc1ccc(NC(=O)CN(CCO)Cc2ccccc2)cc1N. The van der Waals surface area contributed by atoms with Crippen molar-refractivity contribution < 1.29 is 9.90 Å². The minimum absolute atomic E-state index is 0.0115. The summed E-state index contributed by atoms with van der Waals surface area (Å²) in [6, 6.07) is 15.3. The van der Waals surface area contributed by atoms with Crippen LogP contribution in [0.5, 0.6) is 0 Å². The number of benzene rings is 2. The number of carbonyl (C=O) groups excluding carboxylic acids is 1. The highest BCUT2D eigenvalue weighted by molar-refractivity contribution is 5.92. The second-order valence-electron chi connectivity index (χ2n) is 5.54. The summed E-state index contributed by atoms with van der Waals surface area (Å²) in [5.41, 5.74) is 9.27. The first-order valence-electron chi connectivity index (χ1n) is 7.61. The maximum Gasteiger partial charge on any atom is 0.238 e. The zero-order valence-corrected chi connectivity index (χ0v) is 13.3. The second-order valence-corrected chi connectivity index (χ2v) is 5.54. The van der Waals surface area contributed by atoms with Gasteiger partial charge in [-0.25, -0.2) is 0 Å². The standard InChI is InChI=1S/C18H23N3O2/c1-14-7-8-16(11-17(14)19)20-18(23)13-21(9-10-22)12-15-5-3-2-4-6-15/h2-8,11,22H,9-10,12-13,19H2,1H3,(H,20,23). The molecular weight excluding hydrogens is 290 g/mol. The predicted molar refractivity (Wildman–Crippen MR) is 93.0 cm³/mol. The molecule has 0 radical (unpaired) electrons. The van der Waals surface area contributed by atoms with E-state index in [2.05, 4.69) is 5.32 Å². The third kappa shape index (κ3) is 5.39. The van der Waals surface area contributed by atoms with Crippen LogP contribution < -0.4 is 11.1 Å². The molecule has 0 saturated heterocycles. The summed E-state index contributed by atoms with van der Waals surface area (Å²) in [7, 11) is 0. The van der Waals surface area contributed by atoms with Crippen LogP contribution in [0.2, 0.25) is 0 Å². The molecule has 5 nitrogen and oxygen atoms in total. The Labute approximate surface area is 136 Å². The first kappa shape index (κ1) is 17.0. The molecule has 0 spiro atoms. The number of amides is 1. The van der Waals surface area contributed by atoms with E-state index in [0.29, 0.717) is 24.5 Å². The Bertz CT molecular complexity index is 644. The van der Waals surface area contributed by atoms with E-state index in [1.165, 1.54) is 0 Å². The normalized spacial score (nSPS) is 10.7. The lowest BCUT2D eigenvalue weighted by molar-refractivity contribution is -0.117. The van der Waals surface area contributed by atoms with Crippen LogP contribution in [-0.2, 0) is 11.3 Å². The molecule has 2 aromatic carbocycles. The van der Waals surface area contributed by atoms with Crippen LogP contribution in [0.25, 0.3) is 0 Å². The van der Waals surface area contributed by atoms with Crippen LogP contribution in [0, 0.1) is 6.92 Å². The Morgan fingerprint density at radius 3 is 2.61 bits per heavy atom. The Balaban J connectivity index is 1.95. The van der Waals surface area contributed by atoms with E-state index in [-0.39, 0.29) is 19.1 Å². The van der Waals surface area contributed by atoms with Gasteiger partial charge < -0.3 is 16.2 Å². The van der Waals surface area contributed by atoms with Gasteiger partial charge in [0.15, 0.2) is 0 Å². The number of aryl methyl sites for hydroxylation is 1. The molecule has 0 aliphatic carbocycles. The van der Waals surface area contributed by atoms with Crippen molar-refractivity contribution in [3.8, 4) is 0 Å². The van der Waals surface area contributed by atoms with Crippen LogP contribution in [0.4, 0.5) is 11.4 Å². The zero-order valence-electron chi connectivity index (χ0n) is 13.3. The molecule has 2 rings (SSSR count). The lowest BCUT2D eigenvalue weighted by Crippen LogP contribution is -2.34. The molecule has 5 heteroatoms. The summed E-state index contributed by atoms with van der Waals surface area (Å²) in [5, 5.41) is 12.0. The molecule has 0 aliphatic heterocycles.